The third-order valence-corrected chi connectivity index (χ3v) is 5.96. The van der Waals surface area contributed by atoms with Crippen LogP contribution in [-0.2, 0) is 6.54 Å². The molecule has 1 saturated carbocycles. The van der Waals surface area contributed by atoms with Gasteiger partial charge in [-0.1, -0.05) is 38.1 Å². The van der Waals surface area contributed by atoms with Crippen molar-refractivity contribution >= 4 is 11.0 Å². The SMILES string of the molecule is Cc1cc(CNC2CCC(C)(C)CC2)ccc1-c1ccc2[nH]cnc2c1. The van der Waals surface area contributed by atoms with Crippen molar-refractivity contribution in [1.82, 2.24) is 15.3 Å². The fraction of sp³-hybridized carbons (Fsp3) is 0.435. The van der Waals surface area contributed by atoms with E-state index in [-0.39, 0.29) is 0 Å². The molecule has 1 aliphatic rings. The molecule has 3 nitrogen and oxygen atoms in total. The van der Waals surface area contributed by atoms with Gasteiger partial charge >= 0.3 is 0 Å². The van der Waals surface area contributed by atoms with Crippen LogP contribution in [0.4, 0.5) is 0 Å². The number of nitrogens with one attached hydrogen (secondary N) is 2. The highest BCUT2D eigenvalue weighted by Crippen LogP contribution is 2.35. The molecule has 1 heterocycles. The Hall–Kier alpha value is -2.13. The number of rotatable bonds is 4. The van der Waals surface area contributed by atoms with Gasteiger partial charge in [-0.25, -0.2) is 4.98 Å². The van der Waals surface area contributed by atoms with Crippen molar-refractivity contribution in [3.63, 3.8) is 0 Å². The van der Waals surface area contributed by atoms with Crippen molar-refractivity contribution in [3.8, 4) is 11.1 Å². The summed E-state index contributed by atoms with van der Waals surface area (Å²) in [6.45, 7) is 7.96. The van der Waals surface area contributed by atoms with E-state index in [0.717, 1.165) is 17.6 Å². The van der Waals surface area contributed by atoms with E-state index in [2.05, 4.69) is 72.5 Å². The van der Waals surface area contributed by atoms with E-state index < -0.39 is 0 Å². The second-order valence-electron chi connectivity index (χ2n) is 8.60. The number of benzene rings is 2. The summed E-state index contributed by atoms with van der Waals surface area (Å²) in [6.07, 6.45) is 7.01. The minimum atomic E-state index is 0.534. The van der Waals surface area contributed by atoms with E-state index in [4.69, 9.17) is 0 Å². The Morgan fingerprint density at radius 1 is 1.12 bits per heavy atom. The van der Waals surface area contributed by atoms with Crippen LogP contribution in [0.2, 0.25) is 0 Å². The lowest BCUT2D eigenvalue weighted by atomic mass is 9.75. The van der Waals surface area contributed by atoms with Crippen LogP contribution in [0.5, 0.6) is 0 Å². The second-order valence-corrected chi connectivity index (χ2v) is 8.60. The number of aromatic nitrogens is 2. The number of hydrogen-bond donors (Lipinski definition) is 2. The minimum absolute atomic E-state index is 0.534. The normalized spacial score (nSPS) is 17.7. The van der Waals surface area contributed by atoms with E-state index >= 15 is 0 Å². The third kappa shape index (κ3) is 3.68. The van der Waals surface area contributed by atoms with Gasteiger partial charge in [0.2, 0.25) is 0 Å². The molecule has 4 rings (SSSR count). The Morgan fingerprint density at radius 3 is 2.69 bits per heavy atom. The van der Waals surface area contributed by atoms with Crippen molar-refractivity contribution in [2.24, 2.45) is 5.41 Å². The van der Waals surface area contributed by atoms with Gasteiger partial charge in [-0.2, -0.15) is 0 Å². The molecule has 0 aliphatic heterocycles. The van der Waals surface area contributed by atoms with E-state index in [0.29, 0.717) is 11.5 Å². The molecule has 2 aromatic carbocycles. The van der Waals surface area contributed by atoms with Crippen molar-refractivity contribution in [3.05, 3.63) is 53.9 Å². The minimum Gasteiger partial charge on any atom is -0.345 e. The quantitative estimate of drug-likeness (QED) is 0.645. The first-order valence-corrected chi connectivity index (χ1v) is 9.77. The average Bonchev–Trinajstić information content (AvgIpc) is 3.08. The summed E-state index contributed by atoms with van der Waals surface area (Å²) >= 11 is 0. The van der Waals surface area contributed by atoms with Crippen LogP contribution in [0, 0.1) is 12.3 Å². The van der Waals surface area contributed by atoms with Crippen molar-refractivity contribution in [2.45, 2.75) is 59.0 Å². The van der Waals surface area contributed by atoms with E-state index in [1.807, 2.05) is 0 Å². The van der Waals surface area contributed by atoms with Crippen LogP contribution in [0.25, 0.3) is 22.2 Å². The Kier molecular flexibility index (Phi) is 4.58. The molecule has 0 saturated heterocycles. The molecule has 0 amide bonds. The molecule has 1 aromatic heterocycles. The smallest absolute Gasteiger partial charge is 0.0931 e. The Morgan fingerprint density at radius 2 is 1.92 bits per heavy atom. The highest BCUT2D eigenvalue weighted by molar-refractivity contribution is 5.82. The standard InChI is InChI=1S/C23H29N3/c1-16-12-17(14-24-19-8-10-23(2,3)11-9-19)4-6-20(16)18-5-7-21-22(13-18)26-15-25-21/h4-7,12-13,15,19,24H,8-11,14H2,1-3H3,(H,25,26). The van der Waals surface area contributed by atoms with Gasteiger partial charge in [-0.15, -0.1) is 0 Å². The molecule has 1 aliphatic carbocycles. The van der Waals surface area contributed by atoms with E-state index in [9.17, 15) is 0 Å². The fourth-order valence-corrected chi connectivity index (χ4v) is 4.12. The highest BCUT2D eigenvalue weighted by Gasteiger charge is 2.26. The van der Waals surface area contributed by atoms with Crippen molar-refractivity contribution in [1.29, 1.82) is 0 Å². The monoisotopic (exact) mass is 347 g/mol. The fourth-order valence-electron chi connectivity index (χ4n) is 4.12. The van der Waals surface area contributed by atoms with Gasteiger partial charge in [0, 0.05) is 12.6 Å². The first-order valence-electron chi connectivity index (χ1n) is 9.77. The van der Waals surface area contributed by atoms with E-state index in [1.54, 1.807) is 6.33 Å². The average molecular weight is 348 g/mol. The molecule has 0 radical (unpaired) electrons. The lowest BCUT2D eigenvalue weighted by Gasteiger charge is -2.34. The van der Waals surface area contributed by atoms with Gasteiger partial charge in [0.05, 0.1) is 17.4 Å². The lowest BCUT2D eigenvalue weighted by molar-refractivity contribution is 0.206. The van der Waals surface area contributed by atoms with E-state index in [1.165, 1.54) is 47.9 Å². The number of fused-ring (bicyclic) bond motifs is 1. The summed E-state index contributed by atoms with van der Waals surface area (Å²) < 4.78 is 0. The summed E-state index contributed by atoms with van der Waals surface area (Å²) in [4.78, 5) is 7.53. The molecule has 3 aromatic rings. The number of nitrogens with zero attached hydrogens (tertiary/aromatic N) is 1. The number of hydrogen-bond acceptors (Lipinski definition) is 2. The van der Waals surface area contributed by atoms with Crippen LogP contribution in [-0.4, -0.2) is 16.0 Å². The molecule has 0 atom stereocenters. The first-order chi connectivity index (χ1) is 12.5. The largest absolute Gasteiger partial charge is 0.345 e. The van der Waals surface area contributed by atoms with Gasteiger partial charge in [-0.05, 0) is 72.4 Å². The van der Waals surface area contributed by atoms with Gasteiger partial charge < -0.3 is 10.3 Å². The number of H-pyrrole nitrogens is 1. The lowest BCUT2D eigenvalue weighted by Crippen LogP contribution is -2.35. The predicted molar refractivity (Wildman–Crippen MR) is 109 cm³/mol. The maximum Gasteiger partial charge on any atom is 0.0931 e. The maximum atomic E-state index is 4.38. The molecule has 0 spiro atoms. The maximum absolute atomic E-state index is 4.38. The van der Waals surface area contributed by atoms with Gasteiger partial charge in [0.25, 0.3) is 0 Å². The summed E-state index contributed by atoms with van der Waals surface area (Å²) in [5.74, 6) is 0. The molecule has 136 valence electrons. The highest BCUT2D eigenvalue weighted by atomic mass is 14.9. The number of imidazole rings is 1. The van der Waals surface area contributed by atoms with Crippen LogP contribution in [0.1, 0.15) is 50.7 Å². The van der Waals surface area contributed by atoms with Gasteiger partial charge in [0.15, 0.2) is 0 Å². The summed E-state index contributed by atoms with van der Waals surface area (Å²) in [6, 6.07) is 14.0. The molecule has 1 fully saturated rings. The predicted octanol–water partition coefficient (Wildman–Crippen LogP) is 5.60. The molecular formula is C23H29N3. The van der Waals surface area contributed by atoms with Crippen molar-refractivity contribution < 1.29 is 0 Å². The molecular weight excluding hydrogens is 318 g/mol. The van der Waals surface area contributed by atoms with Crippen LogP contribution < -0.4 is 5.32 Å². The first kappa shape index (κ1) is 17.3. The zero-order valence-corrected chi connectivity index (χ0v) is 16.1. The zero-order chi connectivity index (χ0) is 18.1. The Labute approximate surface area is 156 Å². The van der Waals surface area contributed by atoms with Gasteiger partial charge in [-0.3, -0.25) is 0 Å². The summed E-state index contributed by atoms with van der Waals surface area (Å²) in [5.41, 5.74) is 7.86. The number of aryl methyl sites for hydroxylation is 1. The summed E-state index contributed by atoms with van der Waals surface area (Å²) in [5, 5.41) is 3.77. The Bertz CT molecular complexity index is 897. The Balaban J connectivity index is 1.44. The molecule has 2 N–H and O–H groups in total. The van der Waals surface area contributed by atoms with Crippen molar-refractivity contribution in [2.75, 3.05) is 0 Å². The molecule has 3 heteroatoms. The van der Waals surface area contributed by atoms with Crippen LogP contribution >= 0.6 is 0 Å². The molecule has 0 unspecified atom stereocenters. The number of aromatic amines is 1. The van der Waals surface area contributed by atoms with Gasteiger partial charge in [0.1, 0.15) is 0 Å². The molecule has 0 bridgehead atoms. The zero-order valence-electron chi connectivity index (χ0n) is 16.1. The molecule has 26 heavy (non-hydrogen) atoms. The van der Waals surface area contributed by atoms with Crippen LogP contribution in [0.15, 0.2) is 42.7 Å². The second kappa shape index (κ2) is 6.88. The third-order valence-electron chi connectivity index (χ3n) is 5.96. The topological polar surface area (TPSA) is 40.7 Å². The van der Waals surface area contributed by atoms with Crippen LogP contribution in [0.3, 0.4) is 0 Å². The summed E-state index contributed by atoms with van der Waals surface area (Å²) in [7, 11) is 0.